The van der Waals surface area contributed by atoms with E-state index in [1.165, 1.54) is 57.8 Å². The summed E-state index contributed by atoms with van der Waals surface area (Å²) in [5.74, 6) is 4.07. The van der Waals surface area contributed by atoms with Gasteiger partial charge in [0.25, 0.3) is 0 Å². The molecule has 0 spiro atoms. The molecule has 2 heteroatoms. The fourth-order valence-corrected chi connectivity index (χ4v) is 9.00. The van der Waals surface area contributed by atoms with Crippen LogP contribution in [-0.2, 0) is 0 Å². The second-order valence-corrected chi connectivity index (χ2v) is 11.3. The van der Waals surface area contributed by atoms with Crippen LogP contribution in [0.3, 0.4) is 0 Å². The Balaban J connectivity index is 1.65. The zero-order chi connectivity index (χ0) is 14.8. The van der Waals surface area contributed by atoms with Crippen molar-refractivity contribution in [2.45, 2.75) is 81.3 Å². The molecule has 120 valence electrons. The van der Waals surface area contributed by atoms with Crippen LogP contribution in [0.5, 0.6) is 0 Å². The minimum absolute atomic E-state index is 0.549. The molecule has 0 unspecified atom stereocenters. The highest BCUT2D eigenvalue weighted by molar-refractivity contribution is 9.12. The molecule has 0 heterocycles. The van der Waals surface area contributed by atoms with Crippen LogP contribution in [0.4, 0.5) is 0 Å². The maximum Gasteiger partial charge on any atom is 0.0327 e. The summed E-state index contributed by atoms with van der Waals surface area (Å²) >= 11 is 8.03. The number of hydrogen-bond donors (Lipinski definition) is 0. The van der Waals surface area contributed by atoms with E-state index in [1.54, 1.807) is 0 Å². The van der Waals surface area contributed by atoms with E-state index in [0.29, 0.717) is 20.5 Å². The van der Waals surface area contributed by atoms with Gasteiger partial charge in [-0.3, -0.25) is 0 Å². The van der Waals surface area contributed by atoms with Gasteiger partial charge in [-0.05, 0) is 79.4 Å². The summed E-state index contributed by atoms with van der Waals surface area (Å²) in [5, 5.41) is 0. The Morgan fingerprint density at radius 1 is 0.810 bits per heavy atom. The first kappa shape index (κ1) is 15.5. The number of hydrogen-bond acceptors (Lipinski definition) is 0. The van der Waals surface area contributed by atoms with Crippen molar-refractivity contribution in [1.29, 1.82) is 0 Å². The Morgan fingerprint density at radius 3 is 2.43 bits per heavy atom. The lowest BCUT2D eigenvalue weighted by molar-refractivity contribution is -0.102. The van der Waals surface area contributed by atoms with Crippen LogP contribution in [0, 0.1) is 34.5 Å². The summed E-state index contributed by atoms with van der Waals surface area (Å²) in [5.41, 5.74) is 1.24. The molecule has 0 bridgehead atoms. The number of alkyl halides is 2. The molecular weight excluding hydrogens is 388 g/mol. The van der Waals surface area contributed by atoms with E-state index in [1.807, 2.05) is 0 Å². The van der Waals surface area contributed by atoms with Gasteiger partial charge in [-0.2, -0.15) is 0 Å². The molecule has 0 aromatic heterocycles. The van der Waals surface area contributed by atoms with Gasteiger partial charge in [0, 0.05) is 9.65 Å². The highest BCUT2D eigenvalue weighted by Crippen LogP contribution is 2.67. The first-order valence-corrected chi connectivity index (χ1v) is 11.1. The van der Waals surface area contributed by atoms with Gasteiger partial charge in [0.1, 0.15) is 0 Å². The molecule has 4 fully saturated rings. The summed E-state index contributed by atoms with van der Waals surface area (Å²) in [6, 6.07) is 0. The second-order valence-electron chi connectivity index (χ2n) is 9.10. The fraction of sp³-hybridized carbons (Fsp3) is 1.00. The molecule has 4 rings (SSSR count). The highest BCUT2D eigenvalue weighted by atomic mass is 79.9. The minimum atomic E-state index is 0.549. The normalized spacial score (nSPS) is 60.0. The van der Waals surface area contributed by atoms with Gasteiger partial charge in [-0.25, -0.2) is 0 Å². The molecule has 0 aliphatic heterocycles. The van der Waals surface area contributed by atoms with Crippen molar-refractivity contribution in [2.75, 3.05) is 0 Å². The van der Waals surface area contributed by atoms with Gasteiger partial charge in [-0.15, -0.1) is 0 Å². The van der Waals surface area contributed by atoms with Crippen molar-refractivity contribution < 1.29 is 0 Å². The van der Waals surface area contributed by atoms with Crippen LogP contribution in [0.25, 0.3) is 0 Å². The van der Waals surface area contributed by atoms with Crippen molar-refractivity contribution in [2.24, 2.45) is 34.5 Å². The summed E-state index contributed by atoms with van der Waals surface area (Å²) in [6.07, 6.45) is 13.5. The van der Waals surface area contributed by atoms with E-state index in [9.17, 15) is 0 Å². The average molecular weight is 418 g/mol. The molecule has 21 heavy (non-hydrogen) atoms. The average Bonchev–Trinajstić information content (AvgIpc) is 2.70. The van der Waals surface area contributed by atoms with Crippen LogP contribution >= 0.6 is 31.9 Å². The lowest BCUT2D eigenvalue weighted by Gasteiger charge is -2.60. The number of rotatable bonds is 0. The lowest BCUT2D eigenvalue weighted by atomic mass is 9.45. The SMILES string of the molecule is C[C@]12CCCC[C@@H]1CC[C@@H]1[C@@H]2CC[C@]2(C)[C@@H](Br)[C@@H](Br)C[C@@H]12. The molecule has 4 aliphatic rings. The Morgan fingerprint density at radius 2 is 1.62 bits per heavy atom. The zero-order valence-electron chi connectivity index (χ0n) is 13.6. The maximum absolute atomic E-state index is 4.05. The summed E-state index contributed by atoms with van der Waals surface area (Å²) in [6.45, 7) is 5.27. The van der Waals surface area contributed by atoms with Crippen LogP contribution in [-0.4, -0.2) is 9.65 Å². The van der Waals surface area contributed by atoms with E-state index < -0.39 is 0 Å². The molecule has 4 saturated carbocycles. The van der Waals surface area contributed by atoms with Crippen LogP contribution in [0.1, 0.15) is 71.6 Å². The largest absolute Gasteiger partial charge is 0.0878 e. The molecule has 8 atom stereocenters. The Kier molecular flexibility index (Phi) is 3.86. The summed E-state index contributed by atoms with van der Waals surface area (Å²) in [7, 11) is 0. The molecular formula is C19H30Br2. The van der Waals surface area contributed by atoms with Crippen LogP contribution < -0.4 is 0 Å². The third-order valence-electron chi connectivity index (χ3n) is 8.45. The number of halogens is 2. The Labute approximate surface area is 147 Å². The van der Waals surface area contributed by atoms with Crippen molar-refractivity contribution >= 4 is 31.9 Å². The quantitative estimate of drug-likeness (QED) is 0.391. The van der Waals surface area contributed by atoms with Crippen molar-refractivity contribution in [1.82, 2.24) is 0 Å². The predicted octanol–water partition coefficient (Wildman–Crippen LogP) is 6.56. The molecule has 0 amide bonds. The third-order valence-corrected chi connectivity index (χ3v) is 11.7. The fourth-order valence-electron chi connectivity index (χ4n) is 7.20. The molecule has 0 saturated heterocycles. The standard InChI is InChI=1S/C19H30Br2/c1-18-9-4-3-5-12(18)6-7-13-14(18)8-10-19(2)15(13)11-16(20)17(19)21/h12-17H,3-11H2,1-2H3/t12-,13-,14+,15+,16+,17+,18+,19+/m1/s1. The van der Waals surface area contributed by atoms with Gasteiger partial charge in [0.05, 0.1) is 0 Å². The lowest BCUT2D eigenvalue weighted by Crippen LogP contribution is -2.52. The zero-order valence-corrected chi connectivity index (χ0v) is 16.8. The molecule has 0 nitrogen and oxygen atoms in total. The number of fused-ring (bicyclic) bond motifs is 5. The van der Waals surface area contributed by atoms with Gasteiger partial charge < -0.3 is 0 Å². The smallest absolute Gasteiger partial charge is 0.0327 e. The Hall–Kier alpha value is 0.960. The molecule has 0 aromatic carbocycles. The van der Waals surface area contributed by atoms with Gasteiger partial charge in [-0.1, -0.05) is 58.5 Å². The monoisotopic (exact) mass is 416 g/mol. The van der Waals surface area contributed by atoms with E-state index in [0.717, 1.165) is 23.7 Å². The molecule has 0 radical (unpaired) electrons. The first-order valence-electron chi connectivity index (χ1n) is 9.25. The van der Waals surface area contributed by atoms with Crippen molar-refractivity contribution in [3.8, 4) is 0 Å². The molecule has 4 aliphatic carbocycles. The summed E-state index contributed by atoms with van der Waals surface area (Å²) in [4.78, 5) is 1.39. The third kappa shape index (κ3) is 2.10. The van der Waals surface area contributed by atoms with Crippen molar-refractivity contribution in [3.05, 3.63) is 0 Å². The van der Waals surface area contributed by atoms with Gasteiger partial charge in [0.15, 0.2) is 0 Å². The van der Waals surface area contributed by atoms with Crippen LogP contribution in [0.15, 0.2) is 0 Å². The van der Waals surface area contributed by atoms with E-state index in [-0.39, 0.29) is 0 Å². The molecule has 0 N–H and O–H groups in total. The van der Waals surface area contributed by atoms with E-state index in [4.69, 9.17) is 0 Å². The first-order chi connectivity index (χ1) is 9.97. The van der Waals surface area contributed by atoms with Gasteiger partial charge >= 0.3 is 0 Å². The highest BCUT2D eigenvalue weighted by Gasteiger charge is 2.61. The maximum atomic E-state index is 4.05. The predicted molar refractivity (Wildman–Crippen MR) is 97.2 cm³/mol. The second kappa shape index (κ2) is 5.23. The van der Waals surface area contributed by atoms with E-state index >= 15 is 0 Å². The molecule has 0 aromatic rings. The van der Waals surface area contributed by atoms with Crippen LogP contribution in [0.2, 0.25) is 0 Å². The Bertz CT molecular complexity index is 422. The summed E-state index contributed by atoms with van der Waals surface area (Å²) < 4.78 is 0. The van der Waals surface area contributed by atoms with Crippen molar-refractivity contribution in [3.63, 3.8) is 0 Å². The van der Waals surface area contributed by atoms with E-state index in [2.05, 4.69) is 45.7 Å². The topological polar surface area (TPSA) is 0 Å². The minimum Gasteiger partial charge on any atom is -0.0878 e. The van der Waals surface area contributed by atoms with Gasteiger partial charge in [0.2, 0.25) is 0 Å².